The molecule has 0 amide bonds. The quantitative estimate of drug-likeness (QED) is 0.221. The Kier molecular flexibility index (Phi) is 7.04. The van der Waals surface area contributed by atoms with Gasteiger partial charge in [0.25, 0.3) is 0 Å². The molecule has 0 saturated heterocycles. The minimum Gasteiger partial charge on any atom is -0.494 e. The highest BCUT2D eigenvalue weighted by Crippen LogP contribution is 2.32. The summed E-state index contributed by atoms with van der Waals surface area (Å²) in [4.78, 5) is 11.7. The summed E-state index contributed by atoms with van der Waals surface area (Å²) in [5, 5.41) is 7.54. The van der Waals surface area contributed by atoms with Gasteiger partial charge in [-0.3, -0.25) is 9.67 Å². The zero-order chi connectivity index (χ0) is 28.6. The van der Waals surface area contributed by atoms with Crippen molar-refractivity contribution in [3.05, 3.63) is 89.1 Å². The van der Waals surface area contributed by atoms with Crippen LogP contribution in [0.2, 0.25) is 0 Å². The van der Waals surface area contributed by atoms with E-state index in [4.69, 9.17) is 4.74 Å². The number of hydrogen-bond acceptors (Lipinski definition) is 6. The van der Waals surface area contributed by atoms with Crippen LogP contribution in [-0.4, -0.2) is 31.3 Å². The monoisotopic (exact) mass is 558 g/mol. The Balaban J connectivity index is 1.56. The van der Waals surface area contributed by atoms with E-state index in [1.54, 1.807) is 31.2 Å². The number of aryl methyl sites for hydroxylation is 1. The lowest BCUT2D eigenvalue weighted by Crippen LogP contribution is -2.09. The van der Waals surface area contributed by atoms with Crippen LogP contribution in [0.5, 0.6) is 5.75 Å². The molecule has 3 heterocycles. The Bertz CT molecular complexity index is 1700. The van der Waals surface area contributed by atoms with Gasteiger partial charge in [0.15, 0.2) is 17.5 Å². The van der Waals surface area contributed by atoms with Gasteiger partial charge in [0.2, 0.25) is 0 Å². The number of aromatic nitrogens is 5. The van der Waals surface area contributed by atoms with Crippen molar-refractivity contribution in [1.29, 1.82) is 0 Å². The Morgan fingerprint density at radius 3 is 2.40 bits per heavy atom. The summed E-state index contributed by atoms with van der Waals surface area (Å²) in [6, 6.07) is 10.9. The topological polar surface area (TPSA) is 77.8 Å². The normalized spacial score (nSPS) is 11.7. The number of para-hydroxylation sites is 1. The zero-order valence-electron chi connectivity index (χ0n) is 21.0. The van der Waals surface area contributed by atoms with Crippen LogP contribution in [0.3, 0.4) is 0 Å². The molecular formula is C27H20F6N6O. The van der Waals surface area contributed by atoms with Crippen molar-refractivity contribution in [2.24, 2.45) is 0 Å². The number of fused-ring (bicyclic) bond motifs is 1. The molecule has 40 heavy (non-hydrogen) atoms. The summed E-state index contributed by atoms with van der Waals surface area (Å²) in [7, 11) is 0. The standard InChI is InChI=1S/C27H20F6N6O/c1-3-40-16-11-19(28)18(20(29)12-16)13-39-21-7-5-4-6-17(21)24(38-39)26-35-14(2)23(30)25(37-26)36-15-8-9-34-22(10-15)27(31,32)33/h4-12H,3,13H2,1-2H3,(H,34,35,36,37). The molecule has 0 fully saturated rings. The molecular weight excluding hydrogens is 538 g/mol. The van der Waals surface area contributed by atoms with E-state index in [2.05, 4.69) is 25.4 Å². The second kappa shape index (κ2) is 10.5. The van der Waals surface area contributed by atoms with Gasteiger partial charge in [-0.25, -0.2) is 23.1 Å². The van der Waals surface area contributed by atoms with E-state index in [1.807, 2.05) is 0 Å². The maximum atomic E-state index is 15.0. The Morgan fingerprint density at radius 2 is 1.70 bits per heavy atom. The van der Waals surface area contributed by atoms with Crippen molar-refractivity contribution in [1.82, 2.24) is 24.7 Å². The summed E-state index contributed by atoms with van der Waals surface area (Å²) in [5.41, 5.74) is -0.933. The summed E-state index contributed by atoms with van der Waals surface area (Å²) in [6.45, 7) is 3.01. The van der Waals surface area contributed by atoms with Gasteiger partial charge < -0.3 is 10.1 Å². The SMILES string of the molecule is CCOc1cc(F)c(Cn2nc(-c3nc(C)c(F)c(Nc4ccnc(C(F)(F)F)c4)n3)c3ccccc32)c(F)c1. The fourth-order valence-electron chi connectivity index (χ4n) is 4.09. The number of nitrogens with zero attached hydrogens (tertiary/aromatic N) is 5. The molecule has 0 aliphatic carbocycles. The smallest absolute Gasteiger partial charge is 0.433 e. The van der Waals surface area contributed by atoms with Crippen LogP contribution in [0.25, 0.3) is 22.4 Å². The van der Waals surface area contributed by atoms with Gasteiger partial charge >= 0.3 is 6.18 Å². The van der Waals surface area contributed by atoms with Crippen molar-refractivity contribution in [3.63, 3.8) is 0 Å². The van der Waals surface area contributed by atoms with E-state index in [0.29, 0.717) is 10.9 Å². The van der Waals surface area contributed by atoms with Gasteiger partial charge in [-0.1, -0.05) is 18.2 Å². The van der Waals surface area contributed by atoms with Gasteiger partial charge in [-0.15, -0.1) is 0 Å². The van der Waals surface area contributed by atoms with Gasteiger partial charge in [0.05, 0.1) is 24.4 Å². The minimum absolute atomic E-state index is 0.0471. The molecule has 0 spiro atoms. The predicted molar refractivity (Wildman–Crippen MR) is 135 cm³/mol. The maximum absolute atomic E-state index is 15.0. The predicted octanol–water partition coefficient (Wildman–Crippen LogP) is 6.82. The lowest BCUT2D eigenvalue weighted by atomic mass is 10.1. The highest BCUT2D eigenvalue weighted by Gasteiger charge is 2.32. The number of hydrogen-bond donors (Lipinski definition) is 1. The van der Waals surface area contributed by atoms with E-state index in [-0.39, 0.29) is 53.2 Å². The number of rotatable bonds is 7. The number of ether oxygens (including phenoxy) is 1. The number of nitrogens with one attached hydrogen (secondary N) is 1. The van der Waals surface area contributed by atoms with Crippen LogP contribution < -0.4 is 10.1 Å². The molecule has 5 rings (SSSR count). The van der Waals surface area contributed by atoms with E-state index < -0.39 is 29.3 Å². The summed E-state index contributed by atoms with van der Waals surface area (Å²) in [5.74, 6) is -2.89. The molecule has 2 aromatic carbocycles. The maximum Gasteiger partial charge on any atom is 0.433 e. The average molecular weight is 558 g/mol. The molecule has 0 aliphatic heterocycles. The van der Waals surface area contributed by atoms with Gasteiger partial charge in [0.1, 0.15) is 28.8 Å². The van der Waals surface area contributed by atoms with Crippen LogP contribution in [0.1, 0.15) is 23.9 Å². The van der Waals surface area contributed by atoms with Crippen LogP contribution in [0.4, 0.5) is 37.8 Å². The first kappa shape index (κ1) is 26.9. The third-order valence-corrected chi connectivity index (χ3v) is 5.93. The molecule has 0 saturated carbocycles. The number of halogens is 6. The molecule has 0 atom stereocenters. The molecule has 0 bridgehead atoms. The van der Waals surface area contributed by atoms with E-state index >= 15 is 0 Å². The number of anilines is 2. The first-order chi connectivity index (χ1) is 19.0. The molecule has 0 unspecified atom stereocenters. The molecule has 1 N–H and O–H groups in total. The zero-order valence-corrected chi connectivity index (χ0v) is 21.0. The number of benzene rings is 2. The highest BCUT2D eigenvalue weighted by molar-refractivity contribution is 5.91. The largest absolute Gasteiger partial charge is 0.494 e. The van der Waals surface area contributed by atoms with Crippen molar-refractivity contribution >= 4 is 22.4 Å². The van der Waals surface area contributed by atoms with Crippen LogP contribution in [0.15, 0.2) is 54.7 Å². The molecule has 13 heteroatoms. The van der Waals surface area contributed by atoms with Crippen LogP contribution in [-0.2, 0) is 12.7 Å². The lowest BCUT2D eigenvalue weighted by Gasteiger charge is -2.11. The fourth-order valence-corrected chi connectivity index (χ4v) is 4.09. The molecule has 0 radical (unpaired) electrons. The van der Waals surface area contributed by atoms with Crippen molar-refractivity contribution in [3.8, 4) is 17.3 Å². The summed E-state index contributed by atoms with van der Waals surface area (Å²) < 4.78 is 90.4. The van der Waals surface area contributed by atoms with Crippen molar-refractivity contribution in [2.75, 3.05) is 11.9 Å². The van der Waals surface area contributed by atoms with E-state index in [9.17, 15) is 26.3 Å². The van der Waals surface area contributed by atoms with E-state index in [1.165, 1.54) is 17.7 Å². The second-order valence-corrected chi connectivity index (χ2v) is 8.67. The van der Waals surface area contributed by atoms with E-state index in [0.717, 1.165) is 24.4 Å². The Hall–Kier alpha value is -4.68. The highest BCUT2D eigenvalue weighted by atomic mass is 19.4. The number of alkyl halides is 3. The molecule has 206 valence electrons. The Morgan fingerprint density at radius 1 is 0.975 bits per heavy atom. The van der Waals surface area contributed by atoms with Crippen molar-refractivity contribution in [2.45, 2.75) is 26.6 Å². The van der Waals surface area contributed by atoms with Crippen molar-refractivity contribution < 1.29 is 31.1 Å². The summed E-state index contributed by atoms with van der Waals surface area (Å²) >= 11 is 0. The summed E-state index contributed by atoms with van der Waals surface area (Å²) in [6.07, 6.45) is -3.76. The second-order valence-electron chi connectivity index (χ2n) is 8.67. The molecule has 5 aromatic rings. The van der Waals surface area contributed by atoms with Crippen LogP contribution in [0, 0.1) is 24.4 Å². The molecule has 7 nitrogen and oxygen atoms in total. The fraction of sp³-hybridized carbons (Fsp3) is 0.185. The average Bonchev–Trinajstić information content (AvgIpc) is 3.27. The first-order valence-corrected chi connectivity index (χ1v) is 12.0. The Labute approximate surface area is 223 Å². The van der Waals surface area contributed by atoms with Gasteiger partial charge in [-0.2, -0.15) is 18.3 Å². The minimum atomic E-state index is -4.70. The first-order valence-electron chi connectivity index (χ1n) is 12.0. The molecule has 3 aromatic heterocycles. The van der Waals surface area contributed by atoms with Gasteiger partial charge in [0, 0.05) is 35.0 Å². The van der Waals surface area contributed by atoms with Crippen LogP contribution >= 0.6 is 0 Å². The third kappa shape index (κ3) is 5.26. The lowest BCUT2D eigenvalue weighted by molar-refractivity contribution is -0.141. The van der Waals surface area contributed by atoms with Gasteiger partial charge in [-0.05, 0) is 32.0 Å². The molecule has 0 aliphatic rings. The number of pyridine rings is 1. The third-order valence-electron chi connectivity index (χ3n) is 5.93.